The summed E-state index contributed by atoms with van der Waals surface area (Å²) in [5.74, 6) is 0. The van der Waals surface area contributed by atoms with Gasteiger partial charge in [-0.25, -0.2) is 13.1 Å². The molecule has 0 radical (unpaired) electrons. The largest absolute Gasteiger partial charge is 0.312 e. The first-order valence-corrected chi connectivity index (χ1v) is 8.51. The van der Waals surface area contributed by atoms with Gasteiger partial charge in [-0.15, -0.1) is 0 Å². The molecule has 1 fully saturated rings. The lowest BCUT2D eigenvalue weighted by Crippen LogP contribution is -2.52. The number of piperidine rings is 1. The first-order chi connectivity index (χ1) is 9.24. The Morgan fingerprint density at radius 2 is 2.30 bits per heavy atom. The van der Waals surface area contributed by atoms with E-state index in [1.165, 1.54) is 10.9 Å². The molecule has 20 heavy (non-hydrogen) atoms. The monoisotopic (exact) mass is 320 g/mol. The average Bonchev–Trinajstić information content (AvgIpc) is 2.67. The van der Waals surface area contributed by atoms with Gasteiger partial charge >= 0.3 is 0 Å². The van der Waals surface area contributed by atoms with Crippen LogP contribution in [0.3, 0.4) is 0 Å². The van der Waals surface area contributed by atoms with Crippen molar-refractivity contribution in [1.82, 2.24) is 19.8 Å². The number of nitrogens with one attached hydrogen (secondary N) is 2. The van der Waals surface area contributed by atoms with Crippen LogP contribution in [0.15, 0.2) is 11.2 Å². The third kappa shape index (κ3) is 3.16. The van der Waals surface area contributed by atoms with Crippen LogP contribution in [-0.4, -0.2) is 37.3 Å². The molecule has 2 heterocycles. The summed E-state index contributed by atoms with van der Waals surface area (Å²) < 4.78 is 28.5. The fraction of sp³-hybridized carbons (Fsp3) is 0.750. The lowest BCUT2D eigenvalue weighted by molar-refractivity contribution is 0.181. The Kier molecular flexibility index (Phi) is 4.44. The second-order valence-corrected chi connectivity index (χ2v) is 7.96. The van der Waals surface area contributed by atoms with Gasteiger partial charge in [0.2, 0.25) is 0 Å². The minimum Gasteiger partial charge on any atom is -0.312 e. The Labute approximate surface area is 124 Å². The van der Waals surface area contributed by atoms with Crippen LogP contribution in [0.4, 0.5) is 0 Å². The quantitative estimate of drug-likeness (QED) is 0.872. The SMILES string of the molecule is Cn1ncc(Cl)c1S(=O)(=O)NCC1NCCCC1(C)C. The van der Waals surface area contributed by atoms with Crippen molar-refractivity contribution >= 4 is 21.6 Å². The fourth-order valence-corrected chi connectivity index (χ4v) is 4.28. The molecule has 114 valence electrons. The third-order valence-electron chi connectivity index (χ3n) is 3.91. The van der Waals surface area contributed by atoms with Crippen molar-refractivity contribution in [1.29, 1.82) is 0 Å². The lowest BCUT2D eigenvalue weighted by atomic mass is 9.78. The molecule has 8 heteroatoms. The molecule has 2 rings (SSSR count). The van der Waals surface area contributed by atoms with E-state index >= 15 is 0 Å². The molecule has 0 saturated carbocycles. The van der Waals surface area contributed by atoms with Crippen LogP contribution in [0, 0.1) is 5.41 Å². The van der Waals surface area contributed by atoms with Gasteiger partial charge in [0.1, 0.15) is 0 Å². The maximum absolute atomic E-state index is 12.3. The molecular formula is C12H21ClN4O2S. The predicted molar refractivity (Wildman–Crippen MR) is 78.2 cm³/mol. The van der Waals surface area contributed by atoms with Gasteiger partial charge in [0.15, 0.2) is 5.03 Å². The molecule has 1 aliphatic rings. The number of hydrogen-bond acceptors (Lipinski definition) is 4. The van der Waals surface area contributed by atoms with Crippen molar-refractivity contribution in [2.45, 2.75) is 37.8 Å². The summed E-state index contributed by atoms with van der Waals surface area (Å²) in [4.78, 5) is 0. The van der Waals surface area contributed by atoms with Crippen molar-refractivity contribution in [3.63, 3.8) is 0 Å². The molecule has 1 unspecified atom stereocenters. The van der Waals surface area contributed by atoms with Gasteiger partial charge < -0.3 is 5.32 Å². The number of halogens is 1. The molecule has 1 aromatic rings. The summed E-state index contributed by atoms with van der Waals surface area (Å²) in [6.45, 7) is 5.56. The van der Waals surface area contributed by atoms with E-state index in [1.807, 2.05) is 0 Å². The number of aromatic nitrogens is 2. The summed E-state index contributed by atoms with van der Waals surface area (Å²) in [7, 11) is -2.09. The van der Waals surface area contributed by atoms with Crippen molar-refractivity contribution in [2.24, 2.45) is 12.5 Å². The summed E-state index contributed by atoms with van der Waals surface area (Å²) in [6, 6.07) is 0.109. The average molecular weight is 321 g/mol. The number of nitrogens with zero attached hydrogens (tertiary/aromatic N) is 2. The first-order valence-electron chi connectivity index (χ1n) is 6.64. The van der Waals surface area contributed by atoms with Gasteiger partial charge in [0, 0.05) is 19.6 Å². The molecular weight excluding hydrogens is 300 g/mol. The summed E-state index contributed by atoms with van der Waals surface area (Å²) in [5, 5.41) is 7.37. The number of sulfonamides is 1. The van der Waals surface area contributed by atoms with Gasteiger partial charge in [0.25, 0.3) is 10.0 Å². The fourth-order valence-electron chi connectivity index (χ4n) is 2.58. The van der Waals surface area contributed by atoms with Crippen LogP contribution in [0.1, 0.15) is 26.7 Å². The maximum Gasteiger partial charge on any atom is 0.259 e. The molecule has 0 amide bonds. The molecule has 6 nitrogen and oxygen atoms in total. The summed E-state index contributed by atoms with van der Waals surface area (Å²) in [5.41, 5.74) is 0.0665. The van der Waals surface area contributed by atoms with Crippen LogP contribution >= 0.6 is 11.6 Å². The van der Waals surface area contributed by atoms with E-state index in [9.17, 15) is 8.42 Å². The Morgan fingerprint density at radius 1 is 1.60 bits per heavy atom. The molecule has 0 aliphatic carbocycles. The van der Waals surface area contributed by atoms with Crippen molar-refractivity contribution in [3.8, 4) is 0 Å². The molecule has 1 saturated heterocycles. The van der Waals surface area contributed by atoms with Gasteiger partial charge in [-0.05, 0) is 24.8 Å². The molecule has 0 spiro atoms. The molecule has 0 aromatic carbocycles. The topological polar surface area (TPSA) is 76.0 Å². The van der Waals surface area contributed by atoms with E-state index in [1.54, 1.807) is 7.05 Å². The van der Waals surface area contributed by atoms with Crippen molar-refractivity contribution in [3.05, 3.63) is 11.2 Å². The highest BCUT2D eigenvalue weighted by Gasteiger charge is 2.33. The zero-order chi connectivity index (χ0) is 15.0. The van der Waals surface area contributed by atoms with E-state index in [4.69, 9.17) is 11.6 Å². The Balaban J connectivity index is 2.10. The van der Waals surface area contributed by atoms with E-state index in [0.717, 1.165) is 19.4 Å². The Bertz CT molecular complexity index is 563. The van der Waals surface area contributed by atoms with Crippen molar-refractivity contribution in [2.75, 3.05) is 13.1 Å². The van der Waals surface area contributed by atoms with Crippen LogP contribution in [0.25, 0.3) is 0 Å². The van der Waals surface area contributed by atoms with E-state index in [-0.39, 0.29) is 21.5 Å². The van der Waals surface area contributed by atoms with Gasteiger partial charge in [-0.1, -0.05) is 25.4 Å². The van der Waals surface area contributed by atoms with Crippen LogP contribution in [0.5, 0.6) is 0 Å². The number of rotatable bonds is 4. The van der Waals surface area contributed by atoms with Crippen LogP contribution in [0.2, 0.25) is 5.02 Å². The molecule has 2 N–H and O–H groups in total. The zero-order valence-electron chi connectivity index (χ0n) is 12.0. The zero-order valence-corrected chi connectivity index (χ0v) is 13.6. The lowest BCUT2D eigenvalue weighted by Gasteiger charge is -2.39. The smallest absolute Gasteiger partial charge is 0.259 e. The van der Waals surface area contributed by atoms with E-state index < -0.39 is 10.0 Å². The number of aryl methyl sites for hydroxylation is 1. The second-order valence-electron chi connectivity index (χ2n) is 5.87. The van der Waals surface area contributed by atoms with Crippen molar-refractivity contribution < 1.29 is 8.42 Å². The third-order valence-corrected chi connectivity index (χ3v) is 5.84. The van der Waals surface area contributed by atoms with Crippen LogP contribution in [-0.2, 0) is 17.1 Å². The normalized spacial score (nSPS) is 22.9. The minimum atomic E-state index is -3.65. The Morgan fingerprint density at radius 3 is 2.85 bits per heavy atom. The van der Waals surface area contributed by atoms with E-state index in [0.29, 0.717) is 6.54 Å². The highest BCUT2D eigenvalue weighted by molar-refractivity contribution is 7.89. The van der Waals surface area contributed by atoms with Crippen LogP contribution < -0.4 is 10.0 Å². The number of hydrogen-bond donors (Lipinski definition) is 2. The molecule has 0 bridgehead atoms. The highest BCUT2D eigenvalue weighted by Crippen LogP contribution is 2.30. The minimum absolute atomic E-state index is 0.00721. The first kappa shape index (κ1) is 15.8. The second kappa shape index (κ2) is 5.63. The molecule has 1 atom stereocenters. The predicted octanol–water partition coefficient (Wildman–Crippen LogP) is 1.13. The van der Waals surface area contributed by atoms with E-state index in [2.05, 4.69) is 29.0 Å². The maximum atomic E-state index is 12.3. The van der Waals surface area contributed by atoms with Gasteiger partial charge in [0.05, 0.1) is 11.2 Å². The molecule has 1 aliphatic heterocycles. The Hall–Kier alpha value is -0.630. The van der Waals surface area contributed by atoms with Gasteiger partial charge in [-0.3, -0.25) is 4.68 Å². The van der Waals surface area contributed by atoms with Gasteiger partial charge in [-0.2, -0.15) is 5.10 Å². The molecule has 1 aromatic heterocycles. The summed E-state index contributed by atoms with van der Waals surface area (Å²) >= 11 is 5.89. The standard InChI is InChI=1S/C12H21ClN4O2S/c1-12(2)5-4-6-14-10(12)8-16-20(18,19)11-9(13)7-15-17(11)3/h7,10,14,16H,4-6,8H2,1-3H3. The highest BCUT2D eigenvalue weighted by atomic mass is 35.5. The summed E-state index contributed by atoms with van der Waals surface area (Å²) in [6.07, 6.45) is 3.53.